The maximum Gasteiger partial charge on any atom is 0.276 e. The summed E-state index contributed by atoms with van der Waals surface area (Å²) in [5, 5.41) is 18.2. The van der Waals surface area contributed by atoms with Crippen LogP contribution in [0.1, 0.15) is 41.6 Å². The van der Waals surface area contributed by atoms with Crippen LogP contribution in [0, 0.1) is 18.3 Å². The summed E-state index contributed by atoms with van der Waals surface area (Å²) in [5.41, 5.74) is 1.77. The number of nitrogens with one attached hydrogen (secondary N) is 1. The van der Waals surface area contributed by atoms with Crippen LogP contribution in [0.4, 0.5) is 5.00 Å². The Hall–Kier alpha value is -2.13. The van der Waals surface area contributed by atoms with E-state index in [0.29, 0.717) is 16.3 Å². The summed E-state index contributed by atoms with van der Waals surface area (Å²) in [6.45, 7) is 5.93. The van der Waals surface area contributed by atoms with Gasteiger partial charge in [-0.25, -0.2) is 0 Å². The van der Waals surface area contributed by atoms with E-state index >= 15 is 0 Å². The van der Waals surface area contributed by atoms with E-state index in [2.05, 4.69) is 10.4 Å². The molecule has 0 aliphatic heterocycles. The fourth-order valence-electron chi connectivity index (χ4n) is 1.78. The zero-order valence-electron chi connectivity index (χ0n) is 11.0. The van der Waals surface area contributed by atoms with E-state index in [1.165, 1.54) is 11.3 Å². The number of hydrogen-bond acceptors (Lipinski definition) is 4. The number of carbonyl (C=O) groups excluding carboxylic acids is 1. The number of nitriles is 1. The van der Waals surface area contributed by atoms with Gasteiger partial charge >= 0.3 is 0 Å². The van der Waals surface area contributed by atoms with Gasteiger partial charge in [0.2, 0.25) is 0 Å². The van der Waals surface area contributed by atoms with Crippen molar-refractivity contribution < 1.29 is 4.79 Å². The van der Waals surface area contributed by atoms with Gasteiger partial charge in [-0.15, -0.1) is 11.3 Å². The van der Waals surface area contributed by atoms with Crippen LogP contribution in [0.5, 0.6) is 0 Å². The van der Waals surface area contributed by atoms with Crippen molar-refractivity contribution in [2.24, 2.45) is 0 Å². The molecule has 5 nitrogen and oxygen atoms in total. The van der Waals surface area contributed by atoms with Gasteiger partial charge < -0.3 is 5.32 Å². The molecule has 6 heteroatoms. The van der Waals surface area contributed by atoms with Gasteiger partial charge in [0.25, 0.3) is 5.91 Å². The average molecular weight is 274 g/mol. The van der Waals surface area contributed by atoms with Crippen LogP contribution in [-0.2, 0) is 0 Å². The second kappa shape index (κ2) is 5.24. The first-order valence-corrected chi connectivity index (χ1v) is 6.76. The molecule has 98 valence electrons. The van der Waals surface area contributed by atoms with Crippen LogP contribution < -0.4 is 5.32 Å². The van der Waals surface area contributed by atoms with E-state index in [0.717, 1.165) is 5.69 Å². The van der Waals surface area contributed by atoms with Crippen molar-refractivity contribution >= 4 is 22.2 Å². The van der Waals surface area contributed by atoms with E-state index in [1.807, 2.05) is 26.8 Å². The lowest BCUT2D eigenvalue weighted by Gasteiger charge is -2.06. The van der Waals surface area contributed by atoms with Gasteiger partial charge in [0.1, 0.15) is 11.1 Å². The number of anilines is 1. The molecule has 19 heavy (non-hydrogen) atoms. The molecule has 0 radical (unpaired) electrons. The van der Waals surface area contributed by atoms with Crippen LogP contribution in [0.25, 0.3) is 0 Å². The first kappa shape index (κ1) is 13.3. The number of rotatable bonds is 3. The average Bonchev–Trinajstić information content (AvgIpc) is 2.95. The van der Waals surface area contributed by atoms with Crippen LogP contribution in [0.15, 0.2) is 17.5 Å². The van der Waals surface area contributed by atoms with Crippen molar-refractivity contribution in [1.29, 1.82) is 5.26 Å². The Kier molecular flexibility index (Phi) is 3.67. The molecule has 2 heterocycles. The molecular weight excluding hydrogens is 260 g/mol. The lowest BCUT2D eigenvalue weighted by Crippen LogP contribution is -2.13. The number of nitrogens with zero attached hydrogens (tertiary/aromatic N) is 3. The predicted octanol–water partition coefficient (Wildman–Crippen LogP) is 2.96. The standard InChI is InChI=1S/C13H14N4OS/c1-8(2)17-9(3)6-11(16-17)12(18)15-13-10(7-14)4-5-19-13/h4-6,8H,1-3H3,(H,15,18). The lowest BCUT2D eigenvalue weighted by molar-refractivity contribution is 0.102. The number of hydrogen-bond donors (Lipinski definition) is 1. The molecule has 1 N–H and O–H groups in total. The molecule has 0 spiro atoms. The summed E-state index contributed by atoms with van der Waals surface area (Å²) in [7, 11) is 0. The van der Waals surface area contributed by atoms with Gasteiger partial charge in [-0.2, -0.15) is 10.4 Å². The molecule has 0 bridgehead atoms. The topological polar surface area (TPSA) is 70.7 Å². The molecule has 2 aromatic heterocycles. The quantitative estimate of drug-likeness (QED) is 0.935. The first-order chi connectivity index (χ1) is 9.02. The molecule has 2 aromatic rings. The molecule has 0 saturated heterocycles. The Morgan fingerprint density at radius 1 is 1.58 bits per heavy atom. The van der Waals surface area contributed by atoms with Crippen molar-refractivity contribution in [3.63, 3.8) is 0 Å². The molecule has 0 aliphatic carbocycles. The highest BCUT2D eigenvalue weighted by Gasteiger charge is 2.15. The number of thiophene rings is 1. The normalized spacial score (nSPS) is 10.5. The molecule has 0 aliphatic rings. The molecule has 0 aromatic carbocycles. The second-order valence-corrected chi connectivity index (χ2v) is 5.35. The zero-order valence-corrected chi connectivity index (χ0v) is 11.8. The maximum absolute atomic E-state index is 12.1. The van der Waals surface area contributed by atoms with Crippen molar-refractivity contribution in [2.45, 2.75) is 26.8 Å². The minimum Gasteiger partial charge on any atom is -0.311 e. The Morgan fingerprint density at radius 2 is 2.32 bits per heavy atom. The molecule has 0 fully saturated rings. The molecule has 0 atom stereocenters. The maximum atomic E-state index is 12.1. The van der Waals surface area contributed by atoms with Crippen LogP contribution in [0.2, 0.25) is 0 Å². The second-order valence-electron chi connectivity index (χ2n) is 4.44. The Labute approximate surface area is 115 Å². The highest BCUT2D eigenvalue weighted by Crippen LogP contribution is 2.23. The minimum absolute atomic E-state index is 0.206. The highest BCUT2D eigenvalue weighted by molar-refractivity contribution is 7.14. The summed E-state index contributed by atoms with van der Waals surface area (Å²) >= 11 is 1.33. The number of amides is 1. The van der Waals surface area contributed by atoms with Crippen molar-refractivity contribution in [3.8, 4) is 6.07 Å². The molecule has 0 saturated carbocycles. The van der Waals surface area contributed by atoms with Crippen LogP contribution in [0.3, 0.4) is 0 Å². The largest absolute Gasteiger partial charge is 0.311 e. The van der Waals surface area contributed by atoms with Crippen LogP contribution in [-0.4, -0.2) is 15.7 Å². The van der Waals surface area contributed by atoms with E-state index in [9.17, 15) is 4.79 Å². The molecule has 1 amide bonds. The Bertz CT molecular complexity index is 648. The summed E-state index contributed by atoms with van der Waals surface area (Å²) < 4.78 is 1.80. The monoisotopic (exact) mass is 274 g/mol. The van der Waals surface area contributed by atoms with Gasteiger partial charge in [-0.3, -0.25) is 9.48 Å². The van der Waals surface area contributed by atoms with Gasteiger partial charge in [-0.1, -0.05) is 0 Å². The van der Waals surface area contributed by atoms with Gasteiger partial charge in [0.15, 0.2) is 5.69 Å². The van der Waals surface area contributed by atoms with Gasteiger partial charge in [0, 0.05) is 11.7 Å². The van der Waals surface area contributed by atoms with E-state index < -0.39 is 0 Å². The smallest absolute Gasteiger partial charge is 0.276 e. The van der Waals surface area contributed by atoms with E-state index in [1.54, 1.807) is 22.2 Å². The summed E-state index contributed by atoms with van der Waals surface area (Å²) in [6.07, 6.45) is 0. The van der Waals surface area contributed by atoms with Crippen LogP contribution >= 0.6 is 11.3 Å². The third-order valence-corrected chi connectivity index (χ3v) is 3.49. The number of aromatic nitrogens is 2. The Morgan fingerprint density at radius 3 is 2.89 bits per heavy atom. The van der Waals surface area contributed by atoms with Gasteiger partial charge in [-0.05, 0) is 38.3 Å². The highest BCUT2D eigenvalue weighted by atomic mass is 32.1. The zero-order chi connectivity index (χ0) is 14.0. The third kappa shape index (κ3) is 2.66. The first-order valence-electron chi connectivity index (χ1n) is 5.88. The summed E-state index contributed by atoms with van der Waals surface area (Å²) in [6, 6.07) is 5.67. The third-order valence-electron chi connectivity index (χ3n) is 2.66. The van der Waals surface area contributed by atoms with Crippen molar-refractivity contribution in [1.82, 2.24) is 9.78 Å². The van der Waals surface area contributed by atoms with Crippen molar-refractivity contribution in [3.05, 3.63) is 34.5 Å². The SMILES string of the molecule is Cc1cc(C(=O)Nc2sccc2C#N)nn1C(C)C. The Balaban J connectivity index is 2.22. The molecule has 0 unspecified atom stereocenters. The van der Waals surface area contributed by atoms with Gasteiger partial charge in [0.05, 0.1) is 5.56 Å². The van der Waals surface area contributed by atoms with Crippen molar-refractivity contribution in [2.75, 3.05) is 5.32 Å². The molecular formula is C13H14N4OS. The summed E-state index contributed by atoms with van der Waals surface area (Å²) in [5.74, 6) is -0.290. The fraction of sp³-hybridized carbons (Fsp3) is 0.308. The van der Waals surface area contributed by atoms with E-state index in [-0.39, 0.29) is 11.9 Å². The predicted molar refractivity (Wildman–Crippen MR) is 74.3 cm³/mol. The summed E-state index contributed by atoms with van der Waals surface area (Å²) in [4.78, 5) is 12.1. The van der Waals surface area contributed by atoms with E-state index in [4.69, 9.17) is 5.26 Å². The number of aryl methyl sites for hydroxylation is 1. The molecule has 2 rings (SSSR count). The number of carbonyl (C=O) groups is 1. The fourth-order valence-corrected chi connectivity index (χ4v) is 2.52. The minimum atomic E-state index is -0.290. The lowest BCUT2D eigenvalue weighted by atomic mass is 10.3.